The number of aliphatic carboxylic acids is 1. The fourth-order valence-electron chi connectivity index (χ4n) is 3.53. The molecule has 0 bridgehead atoms. The van der Waals surface area contributed by atoms with Gasteiger partial charge in [-0.1, -0.05) is 0 Å². The van der Waals surface area contributed by atoms with E-state index in [2.05, 4.69) is 15.2 Å². The summed E-state index contributed by atoms with van der Waals surface area (Å²) in [5.74, 6) is -2.59. The van der Waals surface area contributed by atoms with Crippen LogP contribution in [0.1, 0.15) is 21.1 Å². The van der Waals surface area contributed by atoms with E-state index in [1.165, 1.54) is 12.4 Å². The zero-order chi connectivity index (χ0) is 22.8. The minimum Gasteiger partial charge on any atom is -0.475 e. The molecular weight excluding hydrogens is 439 g/mol. The number of likely N-dealkylation sites (tertiary alicyclic amines) is 2. The smallest absolute Gasteiger partial charge is 0.475 e. The predicted molar refractivity (Wildman–Crippen MR) is 101 cm³/mol. The molecule has 2 aliphatic heterocycles. The van der Waals surface area contributed by atoms with Crippen LogP contribution < -0.4 is 0 Å². The van der Waals surface area contributed by atoms with E-state index in [0.29, 0.717) is 31.7 Å². The van der Waals surface area contributed by atoms with Crippen LogP contribution in [0.25, 0.3) is 0 Å². The minimum atomic E-state index is -5.08. The van der Waals surface area contributed by atoms with Crippen LogP contribution in [0, 0.1) is 18.8 Å². The Morgan fingerprint density at radius 3 is 2.48 bits per heavy atom. The summed E-state index contributed by atoms with van der Waals surface area (Å²) in [6.07, 6.45) is -2.11. The van der Waals surface area contributed by atoms with Crippen LogP contribution in [0.2, 0.25) is 0 Å². The number of hydrogen-bond donors (Lipinski definition) is 1. The van der Waals surface area contributed by atoms with Crippen molar-refractivity contribution in [3.05, 3.63) is 40.1 Å². The number of hydrogen-bond acceptors (Lipinski definition) is 7. The fourth-order valence-corrected chi connectivity index (χ4v) is 4.13. The Hall–Kier alpha value is -3.09. The number of alkyl halides is 3. The molecule has 2 fully saturated rings. The third kappa shape index (κ3) is 5.34. The Balaban J connectivity index is 0.000000339. The second kappa shape index (κ2) is 8.96. The van der Waals surface area contributed by atoms with E-state index in [4.69, 9.17) is 9.90 Å². The first kappa shape index (κ1) is 22.6. The number of aryl methyl sites for hydroxylation is 1. The molecule has 2 amide bonds. The van der Waals surface area contributed by atoms with E-state index in [1.807, 2.05) is 17.2 Å². The van der Waals surface area contributed by atoms with Crippen molar-refractivity contribution >= 4 is 29.1 Å². The molecule has 0 spiro atoms. The summed E-state index contributed by atoms with van der Waals surface area (Å²) in [4.78, 5) is 42.1. The second-order valence-electron chi connectivity index (χ2n) is 7.09. The van der Waals surface area contributed by atoms with Crippen molar-refractivity contribution in [2.45, 2.75) is 19.6 Å². The normalized spacial score (nSPS) is 20.3. The zero-order valence-electron chi connectivity index (χ0n) is 16.2. The summed E-state index contributed by atoms with van der Waals surface area (Å²) >= 11 is 1.60. The van der Waals surface area contributed by atoms with Gasteiger partial charge in [-0.05, 0) is 13.0 Å². The lowest BCUT2D eigenvalue weighted by Crippen LogP contribution is -2.35. The van der Waals surface area contributed by atoms with Gasteiger partial charge in [-0.25, -0.2) is 9.78 Å². The standard InChI is InChI=1S/C16H17N5O2S.C2HF3O2/c1-10-19-13(9-24-10)7-20-5-12-6-21(8-14(12)16(20)23)15(22)11-2-3-17-18-4-11;3-2(4,5)1(6)7/h2-4,9,12,14H,5-8H2,1H3;(H,6,7)/t12-,14+;/m1./s1. The fraction of sp³-hybridized carbons (Fsp3) is 0.444. The maximum atomic E-state index is 12.6. The zero-order valence-corrected chi connectivity index (χ0v) is 17.1. The van der Waals surface area contributed by atoms with Crippen molar-refractivity contribution in [2.75, 3.05) is 19.6 Å². The first-order valence-electron chi connectivity index (χ1n) is 9.12. The van der Waals surface area contributed by atoms with Crippen molar-refractivity contribution < 1.29 is 32.7 Å². The quantitative estimate of drug-likeness (QED) is 0.744. The van der Waals surface area contributed by atoms with Gasteiger partial charge in [0.05, 0.1) is 41.1 Å². The third-order valence-corrected chi connectivity index (χ3v) is 5.73. The molecule has 2 aromatic heterocycles. The number of carbonyl (C=O) groups excluding carboxylic acids is 2. The SMILES string of the molecule is Cc1nc(CN2C[C@@H]3CN(C(=O)c4ccnnc4)C[C@@H]3C2=O)cs1.O=C(O)C(F)(F)F. The largest absolute Gasteiger partial charge is 0.490 e. The van der Waals surface area contributed by atoms with Gasteiger partial charge in [-0.3, -0.25) is 9.59 Å². The van der Waals surface area contributed by atoms with Gasteiger partial charge in [0, 0.05) is 30.9 Å². The van der Waals surface area contributed by atoms with Gasteiger partial charge in [0.15, 0.2) is 0 Å². The topological polar surface area (TPSA) is 117 Å². The highest BCUT2D eigenvalue weighted by atomic mass is 32.1. The molecule has 166 valence electrons. The lowest BCUT2D eigenvalue weighted by molar-refractivity contribution is -0.192. The van der Waals surface area contributed by atoms with Crippen LogP contribution >= 0.6 is 11.3 Å². The molecule has 2 aliphatic rings. The summed E-state index contributed by atoms with van der Waals surface area (Å²) < 4.78 is 31.7. The van der Waals surface area contributed by atoms with Gasteiger partial charge < -0.3 is 14.9 Å². The van der Waals surface area contributed by atoms with Crippen molar-refractivity contribution in [1.29, 1.82) is 0 Å². The van der Waals surface area contributed by atoms with Gasteiger partial charge in [-0.15, -0.1) is 11.3 Å². The Bertz CT molecular complexity index is 969. The highest BCUT2D eigenvalue weighted by molar-refractivity contribution is 7.09. The molecule has 31 heavy (non-hydrogen) atoms. The number of thiazole rings is 1. The Morgan fingerprint density at radius 2 is 1.97 bits per heavy atom. The molecule has 0 radical (unpaired) electrons. The molecule has 1 N–H and O–H groups in total. The molecule has 2 atom stereocenters. The average Bonchev–Trinajstić information content (AvgIpc) is 3.39. The number of nitrogens with zero attached hydrogens (tertiary/aromatic N) is 5. The molecule has 0 unspecified atom stereocenters. The first-order valence-corrected chi connectivity index (χ1v) is 10.00. The number of amides is 2. The molecule has 4 heterocycles. The van der Waals surface area contributed by atoms with Crippen molar-refractivity contribution in [1.82, 2.24) is 25.0 Å². The van der Waals surface area contributed by atoms with Gasteiger partial charge in [-0.2, -0.15) is 23.4 Å². The summed E-state index contributed by atoms with van der Waals surface area (Å²) in [5.41, 5.74) is 1.47. The van der Waals surface area contributed by atoms with Crippen LogP contribution in [0.4, 0.5) is 13.2 Å². The summed E-state index contributed by atoms with van der Waals surface area (Å²) in [7, 11) is 0. The molecule has 0 saturated carbocycles. The minimum absolute atomic E-state index is 0.0752. The molecular formula is C18H18F3N5O4S. The number of carboxylic acids is 1. The predicted octanol–water partition coefficient (Wildman–Crippen LogP) is 1.61. The average molecular weight is 457 g/mol. The highest BCUT2D eigenvalue weighted by Gasteiger charge is 2.47. The molecule has 2 saturated heterocycles. The summed E-state index contributed by atoms with van der Waals surface area (Å²) in [6, 6.07) is 1.65. The number of halogens is 3. The summed E-state index contributed by atoms with van der Waals surface area (Å²) in [6.45, 7) is 4.32. The van der Waals surface area contributed by atoms with E-state index < -0.39 is 12.1 Å². The number of fused-ring (bicyclic) bond motifs is 1. The monoisotopic (exact) mass is 457 g/mol. The van der Waals surface area contributed by atoms with Crippen LogP contribution in [0.3, 0.4) is 0 Å². The maximum Gasteiger partial charge on any atom is 0.490 e. The van der Waals surface area contributed by atoms with Crippen molar-refractivity contribution in [3.8, 4) is 0 Å². The second-order valence-corrected chi connectivity index (χ2v) is 8.15. The molecule has 9 nitrogen and oxygen atoms in total. The van der Waals surface area contributed by atoms with Crippen LogP contribution in [-0.4, -0.2) is 73.7 Å². The molecule has 2 aromatic rings. The van der Waals surface area contributed by atoms with E-state index in [0.717, 1.165) is 10.7 Å². The van der Waals surface area contributed by atoms with E-state index in [-0.39, 0.29) is 23.7 Å². The van der Waals surface area contributed by atoms with Gasteiger partial charge in [0.2, 0.25) is 5.91 Å². The highest BCUT2D eigenvalue weighted by Crippen LogP contribution is 2.33. The molecule has 4 rings (SSSR count). The van der Waals surface area contributed by atoms with E-state index in [1.54, 1.807) is 22.3 Å². The third-order valence-electron chi connectivity index (χ3n) is 4.91. The first-order chi connectivity index (χ1) is 14.6. The Morgan fingerprint density at radius 1 is 1.26 bits per heavy atom. The molecule has 13 heteroatoms. The Kier molecular flexibility index (Phi) is 6.53. The van der Waals surface area contributed by atoms with Crippen molar-refractivity contribution in [2.24, 2.45) is 11.8 Å². The van der Waals surface area contributed by atoms with Crippen LogP contribution in [-0.2, 0) is 16.1 Å². The van der Waals surface area contributed by atoms with Gasteiger partial charge >= 0.3 is 12.1 Å². The van der Waals surface area contributed by atoms with Gasteiger partial charge in [0.1, 0.15) is 0 Å². The van der Waals surface area contributed by atoms with E-state index >= 15 is 0 Å². The lowest BCUT2D eigenvalue weighted by atomic mass is 10.0. The van der Waals surface area contributed by atoms with Gasteiger partial charge in [0.25, 0.3) is 5.91 Å². The number of rotatable bonds is 3. The number of aromatic nitrogens is 3. The van der Waals surface area contributed by atoms with Crippen LogP contribution in [0.5, 0.6) is 0 Å². The maximum absolute atomic E-state index is 12.6. The number of carbonyl (C=O) groups is 3. The number of carboxylic acid groups (broad SMARTS) is 1. The summed E-state index contributed by atoms with van der Waals surface area (Å²) in [5, 5.41) is 17.6. The van der Waals surface area contributed by atoms with Crippen LogP contribution in [0.15, 0.2) is 23.8 Å². The van der Waals surface area contributed by atoms with E-state index in [9.17, 15) is 22.8 Å². The lowest BCUT2D eigenvalue weighted by Gasteiger charge is -2.21. The van der Waals surface area contributed by atoms with Crippen molar-refractivity contribution in [3.63, 3.8) is 0 Å². The molecule has 0 aliphatic carbocycles. The molecule has 0 aromatic carbocycles. The Labute approximate surface area is 178 Å².